The van der Waals surface area contributed by atoms with E-state index in [4.69, 9.17) is 4.74 Å². The predicted octanol–water partition coefficient (Wildman–Crippen LogP) is 3.39. The van der Waals surface area contributed by atoms with Gasteiger partial charge in [0, 0.05) is 12.0 Å². The molecule has 0 radical (unpaired) electrons. The van der Waals surface area contributed by atoms with Crippen molar-refractivity contribution < 1.29 is 4.74 Å². The molecule has 0 aliphatic rings. The Morgan fingerprint density at radius 1 is 1.45 bits per heavy atom. The first-order valence-electron chi connectivity index (χ1n) is 3.37. The molecule has 0 saturated heterocycles. The highest BCUT2D eigenvalue weighted by atomic mass is 79.9. The number of hydrogen-bond acceptors (Lipinski definition) is 2. The molecule has 0 saturated carbocycles. The lowest BCUT2D eigenvalue weighted by molar-refractivity contribution is 0.0224. The van der Waals surface area contributed by atoms with Gasteiger partial charge in [-0.3, -0.25) is 0 Å². The zero-order chi connectivity index (χ0) is 8.48. The standard InChI is InChI=1S/C8H11BrOS/c1-8(2,10-3)6-4-5-7(9)11-6/h4-5H,1-3H3. The summed E-state index contributed by atoms with van der Waals surface area (Å²) in [5.74, 6) is 0. The third-order valence-electron chi connectivity index (χ3n) is 1.68. The molecular weight excluding hydrogens is 224 g/mol. The second kappa shape index (κ2) is 3.25. The first kappa shape index (κ1) is 9.23. The zero-order valence-corrected chi connectivity index (χ0v) is 9.25. The molecule has 11 heavy (non-hydrogen) atoms. The van der Waals surface area contributed by atoms with Crippen LogP contribution in [0.3, 0.4) is 0 Å². The second-order valence-electron chi connectivity index (χ2n) is 2.82. The van der Waals surface area contributed by atoms with Gasteiger partial charge in [-0.15, -0.1) is 11.3 Å². The normalized spacial score (nSPS) is 12.0. The zero-order valence-electron chi connectivity index (χ0n) is 6.85. The third kappa shape index (κ3) is 2.04. The number of hydrogen-bond donors (Lipinski definition) is 0. The van der Waals surface area contributed by atoms with Crippen LogP contribution in [0, 0.1) is 0 Å². The minimum absolute atomic E-state index is 0.156. The molecule has 1 heterocycles. The highest BCUT2D eigenvalue weighted by molar-refractivity contribution is 9.11. The van der Waals surface area contributed by atoms with Gasteiger partial charge in [0.15, 0.2) is 0 Å². The molecule has 0 N–H and O–H groups in total. The van der Waals surface area contributed by atoms with Crippen LogP contribution in [0.5, 0.6) is 0 Å². The van der Waals surface area contributed by atoms with Crippen molar-refractivity contribution in [1.29, 1.82) is 0 Å². The minimum Gasteiger partial charge on any atom is -0.373 e. The van der Waals surface area contributed by atoms with Gasteiger partial charge < -0.3 is 4.74 Å². The summed E-state index contributed by atoms with van der Waals surface area (Å²) in [4.78, 5) is 1.24. The topological polar surface area (TPSA) is 9.23 Å². The van der Waals surface area contributed by atoms with E-state index in [0.717, 1.165) is 3.79 Å². The highest BCUT2D eigenvalue weighted by Gasteiger charge is 2.20. The number of thiophene rings is 1. The first-order valence-corrected chi connectivity index (χ1v) is 4.98. The Kier molecular flexibility index (Phi) is 2.73. The van der Waals surface area contributed by atoms with Crippen LogP contribution in [-0.2, 0) is 10.3 Å². The second-order valence-corrected chi connectivity index (χ2v) is 5.28. The molecule has 1 nitrogen and oxygen atoms in total. The van der Waals surface area contributed by atoms with Crippen molar-refractivity contribution in [2.45, 2.75) is 19.4 Å². The van der Waals surface area contributed by atoms with Crippen LogP contribution in [0.1, 0.15) is 18.7 Å². The molecule has 1 aromatic rings. The lowest BCUT2D eigenvalue weighted by Crippen LogP contribution is -2.17. The Morgan fingerprint density at radius 2 is 2.09 bits per heavy atom. The highest BCUT2D eigenvalue weighted by Crippen LogP contribution is 2.32. The SMILES string of the molecule is COC(C)(C)c1ccc(Br)s1. The Bertz CT molecular complexity index is 242. The van der Waals surface area contributed by atoms with E-state index in [-0.39, 0.29) is 5.60 Å². The maximum Gasteiger partial charge on any atom is 0.0963 e. The van der Waals surface area contributed by atoms with E-state index >= 15 is 0 Å². The maximum absolute atomic E-state index is 5.33. The summed E-state index contributed by atoms with van der Waals surface area (Å²) < 4.78 is 6.48. The average molecular weight is 235 g/mol. The van der Waals surface area contributed by atoms with Crippen LogP contribution in [0.25, 0.3) is 0 Å². The summed E-state index contributed by atoms with van der Waals surface area (Å²) >= 11 is 5.13. The van der Waals surface area contributed by atoms with Gasteiger partial charge in [0.1, 0.15) is 0 Å². The largest absolute Gasteiger partial charge is 0.373 e. The Hall–Kier alpha value is 0.140. The lowest BCUT2D eigenvalue weighted by atomic mass is 10.1. The van der Waals surface area contributed by atoms with E-state index in [9.17, 15) is 0 Å². The van der Waals surface area contributed by atoms with E-state index in [0.29, 0.717) is 0 Å². The molecule has 0 unspecified atom stereocenters. The number of methoxy groups -OCH3 is 1. The van der Waals surface area contributed by atoms with Crippen molar-refractivity contribution in [2.24, 2.45) is 0 Å². The van der Waals surface area contributed by atoms with Crippen LogP contribution in [0.15, 0.2) is 15.9 Å². The maximum atomic E-state index is 5.33. The van der Waals surface area contributed by atoms with Crippen molar-refractivity contribution in [3.63, 3.8) is 0 Å². The fraction of sp³-hybridized carbons (Fsp3) is 0.500. The van der Waals surface area contributed by atoms with Crippen LogP contribution < -0.4 is 0 Å². The molecule has 0 bridgehead atoms. The van der Waals surface area contributed by atoms with Gasteiger partial charge in [0.05, 0.1) is 9.39 Å². The molecule has 0 amide bonds. The lowest BCUT2D eigenvalue weighted by Gasteiger charge is -2.20. The average Bonchev–Trinajstić information content (AvgIpc) is 2.36. The van der Waals surface area contributed by atoms with Crippen molar-refractivity contribution in [3.8, 4) is 0 Å². The van der Waals surface area contributed by atoms with Crippen molar-refractivity contribution in [3.05, 3.63) is 20.8 Å². The molecule has 62 valence electrons. The van der Waals surface area contributed by atoms with Gasteiger partial charge in [-0.2, -0.15) is 0 Å². The fourth-order valence-electron chi connectivity index (χ4n) is 0.738. The van der Waals surface area contributed by atoms with Crippen LogP contribution >= 0.6 is 27.3 Å². The molecular formula is C8H11BrOS. The molecule has 0 fully saturated rings. The number of ether oxygens (including phenoxy) is 1. The first-order chi connectivity index (χ1) is 5.06. The summed E-state index contributed by atoms with van der Waals surface area (Å²) in [5, 5.41) is 0. The van der Waals surface area contributed by atoms with Crippen molar-refractivity contribution >= 4 is 27.3 Å². The summed E-state index contributed by atoms with van der Waals surface area (Å²) in [5.41, 5.74) is -0.156. The van der Waals surface area contributed by atoms with Crippen molar-refractivity contribution in [2.75, 3.05) is 7.11 Å². The van der Waals surface area contributed by atoms with Gasteiger partial charge in [-0.25, -0.2) is 0 Å². The molecule has 1 aromatic heterocycles. The molecule has 1 rings (SSSR count). The monoisotopic (exact) mass is 234 g/mol. The molecule has 0 atom stereocenters. The molecule has 0 aromatic carbocycles. The van der Waals surface area contributed by atoms with Crippen LogP contribution in [0.2, 0.25) is 0 Å². The Morgan fingerprint density at radius 3 is 2.45 bits per heavy atom. The summed E-state index contributed by atoms with van der Waals surface area (Å²) in [6.07, 6.45) is 0. The Balaban J connectivity index is 2.92. The summed E-state index contributed by atoms with van der Waals surface area (Å²) in [7, 11) is 1.73. The number of halogens is 1. The number of rotatable bonds is 2. The Labute approximate surface area is 79.5 Å². The quantitative estimate of drug-likeness (QED) is 0.763. The van der Waals surface area contributed by atoms with E-state index in [1.54, 1.807) is 18.4 Å². The van der Waals surface area contributed by atoms with Gasteiger partial charge in [0.25, 0.3) is 0 Å². The van der Waals surface area contributed by atoms with E-state index in [1.165, 1.54) is 4.88 Å². The van der Waals surface area contributed by atoms with Gasteiger partial charge >= 0.3 is 0 Å². The van der Waals surface area contributed by atoms with Gasteiger partial charge in [0.2, 0.25) is 0 Å². The van der Waals surface area contributed by atoms with E-state index < -0.39 is 0 Å². The smallest absolute Gasteiger partial charge is 0.0963 e. The van der Waals surface area contributed by atoms with Gasteiger partial charge in [-0.1, -0.05) is 0 Å². The summed E-state index contributed by atoms with van der Waals surface area (Å²) in [6, 6.07) is 4.12. The fourth-order valence-corrected chi connectivity index (χ4v) is 2.21. The van der Waals surface area contributed by atoms with E-state index in [2.05, 4.69) is 35.8 Å². The molecule has 0 aliphatic heterocycles. The van der Waals surface area contributed by atoms with Crippen LogP contribution in [0.4, 0.5) is 0 Å². The third-order valence-corrected chi connectivity index (χ3v) is 3.61. The molecule has 0 aliphatic carbocycles. The predicted molar refractivity (Wildman–Crippen MR) is 52.1 cm³/mol. The van der Waals surface area contributed by atoms with E-state index in [1.807, 2.05) is 6.07 Å². The minimum atomic E-state index is -0.156. The molecule has 0 spiro atoms. The summed E-state index contributed by atoms with van der Waals surface area (Å²) in [6.45, 7) is 4.12. The van der Waals surface area contributed by atoms with Gasteiger partial charge in [-0.05, 0) is 41.9 Å². The van der Waals surface area contributed by atoms with Crippen LogP contribution in [-0.4, -0.2) is 7.11 Å². The van der Waals surface area contributed by atoms with Crippen molar-refractivity contribution in [1.82, 2.24) is 0 Å². The molecule has 3 heteroatoms.